The van der Waals surface area contributed by atoms with Gasteiger partial charge in [0.25, 0.3) is 0 Å². The van der Waals surface area contributed by atoms with Gasteiger partial charge in [-0.3, -0.25) is 0 Å². The van der Waals surface area contributed by atoms with Gasteiger partial charge in [-0.25, -0.2) is 0 Å². The summed E-state index contributed by atoms with van der Waals surface area (Å²) in [5, 5.41) is 2.49. The van der Waals surface area contributed by atoms with Crippen molar-refractivity contribution in [2.24, 2.45) is 0 Å². The van der Waals surface area contributed by atoms with Gasteiger partial charge in [-0.15, -0.1) is 0 Å². The third-order valence-corrected chi connectivity index (χ3v) is 14.5. The minimum atomic E-state index is -0.0820. The molecule has 2 heteroatoms. The topological polar surface area (TPSA) is 8.17 Å². The van der Waals surface area contributed by atoms with Crippen molar-refractivity contribution in [3.05, 3.63) is 247 Å². The zero-order chi connectivity index (χ0) is 43.2. The van der Waals surface area contributed by atoms with Crippen LogP contribution < -0.4 is 4.90 Å². The van der Waals surface area contributed by atoms with Crippen LogP contribution in [0.1, 0.15) is 42.5 Å². The van der Waals surface area contributed by atoms with Gasteiger partial charge in [0.15, 0.2) is 0 Å². The maximum atomic E-state index is 2.62. The highest BCUT2D eigenvalue weighted by Gasteiger charge is 2.41. The molecular weight excluding hydrogens is 785 g/mol. The molecule has 10 aromatic rings. The van der Waals surface area contributed by atoms with Crippen LogP contribution >= 0.6 is 0 Å². The van der Waals surface area contributed by atoms with Crippen LogP contribution in [0, 0.1) is 0 Å². The van der Waals surface area contributed by atoms with Crippen molar-refractivity contribution >= 4 is 44.3 Å². The molecule has 1 aromatic heterocycles. The van der Waals surface area contributed by atoms with E-state index in [4.69, 9.17) is 0 Å². The van der Waals surface area contributed by atoms with E-state index in [1.165, 1.54) is 111 Å². The van der Waals surface area contributed by atoms with Gasteiger partial charge in [0.2, 0.25) is 0 Å². The molecule has 0 N–H and O–H groups in total. The second kappa shape index (κ2) is 14.6. The summed E-state index contributed by atoms with van der Waals surface area (Å²) in [4.78, 5) is 2.62. The number of rotatable bonds is 6. The van der Waals surface area contributed by atoms with Crippen molar-refractivity contribution in [3.63, 3.8) is 0 Å². The summed E-state index contributed by atoms with van der Waals surface area (Å²) in [6.07, 6.45) is 5.84. The molecule has 1 unspecified atom stereocenters. The van der Waals surface area contributed by atoms with Gasteiger partial charge in [0.05, 0.1) is 17.1 Å². The van der Waals surface area contributed by atoms with Crippen molar-refractivity contribution in [2.45, 2.75) is 31.7 Å². The molecule has 2 heterocycles. The highest BCUT2D eigenvalue weighted by molar-refractivity contribution is 6.12. The molecule has 9 aromatic carbocycles. The molecule has 0 saturated carbocycles. The fourth-order valence-corrected chi connectivity index (χ4v) is 11.2. The lowest BCUT2D eigenvalue weighted by Crippen LogP contribution is -2.27. The monoisotopic (exact) mass is 830 g/mol. The summed E-state index contributed by atoms with van der Waals surface area (Å²) < 4.78 is 2.43. The lowest BCUT2D eigenvalue weighted by atomic mass is 9.82. The minimum Gasteiger partial charge on any atom is -0.333 e. The highest BCUT2D eigenvalue weighted by Crippen LogP contribution is 2.56. The predicted molar refractivity (Wildman–Crippen MR) is 274 cm³/mol. The number of aromatic nitrogens is 1. The molecule has 2 aliphatic carbocycles. The molecule has 1 aliphatic heterocycles. The predicted octanol–water partition coefficient (Wildman–Crippen LogP) is 16.5. The molecule has 65 heavy (non-hydrogen) atoms. The van der Waals surface area contributed by atoms with Crippen LogP contribution in [0.3, 0.4) is 0 Å². The molecular formula is C63H46N2. The van der Waals surface area contributed by atoms with Crippen LogP contribution in [0.15, 0.2) is 224 Å². The van der Waals surface area contributed by atoms with Crippen LogP contribution in [0.25, 0.3) is 83.1 Å². The van der Waals surface area contributed by atoms with E-state index in [1.54, 1.807) is 0 Å². The average molecular weight is 831 g/mol. The van der Waals surface area contributed by atoms with E-state index in [9.17, 15) is 0 Å². The smallest absolute Gasteiger partial charge is 0.0633 e. The van der Waals surface area contributed by atoms with Gasteiger partial charge in [0.1, 0.15) is 0 Å². The lowest BCUT2D eigenvalue weighted by molar-refractivity contribution is 0.660. The second-order valence-electron chi connectivity index (χ2n) is 18.5. The van der Waals surface area contributed by atoms with Crippen molar-refractivity contribution in [2.75, 3.05) is 4.90 Å². The Morgan fingerprint density at radius 2 is 0.923 bits per heavy atom. The number of allylic oxidation sites excluding steroid dienone is 2. The first-order valence-electron chi connectivity index (χ1n) is 22.9. The Morgan fingerprint density at radius 3 is 1.55 bits per heavy atom. The van der Waals surface area contributed by atoms with Crippen LogP contribution in [0.2, 0.25) is 0 Å². The third kappa shape index (κ3) is 5.94. The van der Waals surface area contributed by atoms with Crippen molar-refractivity contribution in [1.29, 1.82) is 0 Å². The van der Waals surface area contributed by atoms with E-state index in [1.807, 2.05) is 0 Å². The number of anilines is 2. The molecule has 0 saturated heterocycles. The molecule has 0 amide bonds. The minimum absolute atomic E-state index is 0.0820. The van der Waals surface area contributed by atoms with Gasteiger partial charge < -0.3 is 9.47 Å². The Labute approximate surface area is 380 Å². The highest BCUT2D eigenvalue weighted by atomic mass is 15.2. The lowest BCUT2D eigenvalue weighted by Gasteiger charge is -2.30. The van der Waals surface area contributed by atoms with Crippen LogP contribution in [-0.4, -0.2) is 10.6 Å². The van der Waals surface area contributed by atoms with Crippen molar-refractivity contribution < 1.29 is 0 Å². The van der Waals surface area contributed by atoms with E-state index in [0.29, 0.717) is 0 Å². The normalized spacial score (nSPS) is 15.6. The van der Waals surface area contributed by atoms with Gasteiger partial charge in [-0.05, 0) is 146 Å². The van der Waals surface area contributed by atoms with Crippen molar-refractivity contribution in [1.82, 2.24) is 4.57 Å². The number of hydrogen-bond donors (Lipinski definition) is 0. The summed E-state index contributed by atoms with van der Waals surface area (Å²) in [6, 6.07) is 78.8. The Kier molecular flexibility index (Phi) is 8.42. The maximum Gasteiger partial charge on any atom is 0.0633 e. The Balaban J connectivity index is 0.913. The largest absolute Gasteiger partial charge is 0.333 e. The quantitative estimate of drug-likeness (QED) is 0.162. The maximum absolute atomic E-state index is 2.62. The van der Waals surface area contributed by atoms with E-state index >= 15 is 0 Å². The summed E-state index contributed by atoms with van der Waals surface area (Å²) in [5.74, 6) is 0. The second-order valence-corrected chi connectivity index (χ2v) is 18.5. The van der Waals surface area contributed by atoms with Crippen LogP contribution in [0.4, 0.5) is 11.4 Å². The third-order valence-electron chi connectivity index (χ3n) is 14.5. The number of hydrogen-bond acceptors (Lipinski definition) is 1. The summed E-state index contributed by atoms with van der Waals surface area (Å²) >= 11 is 0. The van der Waals surface area contributed by atoms with Crippen LogP contribution in [0.5, 0.6) is 0 Å². The fraction of sp³-hybridized carbons (Fsp3) is 0.0794. The Morgan fingerprint density at radius 1 is 0.415 bits per heavy atom. The molecule has 308 valence electrons. The summed E-state index contributed by atoms with van der Waals surface area (Å²) in [7, 11) is 0. The fourth-order valence-electron chi connectivity index (χ4n) is 11.2. The molecule has 0 bridgehead atoms. The molecule has 13 rings (SSSR count). The molecule has 1 atom stereocenters. The van der Waals surface area contributed by atoms with E-state index in [0.717, 1.165) is 12.1 Å². The van der Waals surface area contributed by atoms with Gasteiger partial charge in [0, 0.05) is 38.8 Å². The molecule has 2 nitrogen and oxygen atoms in total. The van der Waals surface area contributed by atoms with E-state index in [2.05, 4.69) is 248 Å². The SMILES string of the molecule is CC1(C)c2ccccc2-c2cc3c(cc21)N(c1ccc(-c2ccc4c(c2)c2cc(-c5ccccc5)ccc2n4-c2ccc(-c4ccccc4)cc2)cc1)C1CC=C(c2ccccc2)C=C31. The number of fused-ring (bicyclic) bond motifs is 9. The molecule has 0 radical (unpaired) electrons. The van der Waals surface area contributed by atoms with E-state index < -0.39 is 0 Å². The first-order valence-corrected chi connectivity index (χ1v) is 22.9. The number of nitrogens with zero attached hydrogens (tertiary/aromatic N) is 2. The van der Waals surface area contributed by atoms with Gasteiger partial charge >= 0.3 is 0 Å². The van der Waals surface area contributed by atoms with Gasteiger partial charge in [-0.2, -0.15) is 0 Å². The number of benzene rings is 9. The molecule has 0 fully saturated rings. The first-order chi connectivity index (χ1) is 32.0. The average Bonchev–Trinajstić information content (AvgIpc) is 3.95. The van der Waals surface area contributed by atoms with E-state index in [-0.39, 0.29) is 11.5 Å². The van der Waals surface area contributed by atoms with Gasteiger partial charge in [-0.1, -0.05) is 172 Å². The zero-order valence-corrected chi connectivity index (χ0v) is 36.5. The molecule has 0 spiro atoms. The molecule has 3 aliphatic rings. The summed E-state index contributed by atoms with van der Waals surface area (Å²) in [6.45, 7) is 4.77. The Hall–Kier alpha value is -7.94. The summed E-state index contributed by atoms with van der Waals surface area (Å²) in [5.41, 5.74) is 24.2. The standard InChI is InChI=1S/C63H46N2/c1-63(2)57-21-13-12-20-51(57)52-39-56-55-37-47(43-18-10-5-11-19-43)27-35-61(55)65(62(56)40-58(52)63)50-31-24-45(25-32-50)48-28-34-60-54(38-48)53-36-46(42-16-8-4-9-17-42)26-33-59(53)64(60)49-29-22-44(23-30-49)41-14-6-3-7-15-41/h3-34,36-40,61H,35H2,1-2H3. The van der Waals surface area contributed by atoms with Crippen molar-refractivity contribution in [3.8, 4) is 50.2 Å². The first kappa shape index (κ1) is 37.6. The van der Waals surface area contributed by atoms with Crippen LogP contribution in [-0.2, 0) is 5.41 Å². The Bertz CT molecular complexity index is 3550. The zero-order valence-electron chi connectivity index (χ0n) is 36.5.